The van der Waals surface area contributed by atoms with Crippen molar-refractivity contribution in [2.75, 3.05) is 35.1 Å². The molecule has 0 saturated carbocycles. The van der Waals surface area contributed by atoms with E-state index in [9.17, 15) is 13.2 Å². The summed E-state index contributed by atoms with van der Waals surface area (Å²) < 4.78 is 39.7. The summed E-state index contributed by atoms with van der Waals surface area (Å²) in [6.07, 6.45) is 1.98. The summed E-state index contributed by atoms with van der Waals surface area (Å²) in [6.45, 7) is 3.21. The highest BCUT2D eigenvalue weighted by atomic mass is 32.2. The Hall–Kier alpha value is -3.53. The summed E-state index contributed by atoms with van der Waals surface area (Å²) in [5, 5.41) is 6.39. The summed E-state index contributed by atoms with van der Waals surface area (Å²) in [4.78, 5) is 14.6. The molecule has 1 aliphatic rings. The lowest BCUT2D eigenvalue weighted by Gasteiger charge is -2.22. The number of benzene rings is 2. The van der Waals surface area contributed by atoms with E-state index >= 15 is 0 Å². The van der Waals surface area contributed by atoms with Gasteiger partial charge in [0, 0.05) is 24.8 Å². The molecule has 0 aliphatic carbocycles. The Morgan fingerprint density at radius 3 is 2.56 bits per heavy atom. The standard InChI is InChI=1S/C22H24N4O5S/c1-15-13-18(24-31-15)22(27)23-16-9-10-19(26-11-5-6-12-26)21(14-16)32(28,29)25-17-7-3-4-8-20(17)30-2/h3-4,7-10,13-14,25H,5-6,11-12H2,1-2H3,(H,23,27). The van der Waals surface area contributed by atoms with Crippen molar-refractivity contribution in [3.05, 3.63) is 60.0 Å². The number of sulfonamides is 1. The Balaban J connectivity index is 1.70. The highest BCUT2D eigenvalue weighted by Gasteiger charge is 2.26. The van der Waals surface area contributed by atoms with Crippen LogP contribution in [0.3, 0.4) is 0 Å². The summed E-state index contributed by atoms with van der Waals surface area (Å²) in [6, 6.07) is 13.1. The fourth-order valence-electron chi connectivity index (χ4n) is 3.62. The van der Waals surface area contributed by atoms with E-state index in [4.69, 9.17) is 9.26 Å². The summed E-state index contributed by atoms with van der Waals surface area (Å²) >= 11 is 0. The number of ether oxygens (including phenoxy) is 1. The Labute approximate surface area is 186 Å². The summed E-state index contributed by atoms with van der Waals surface area (Å²) in [5.74, 6) is 0.422. The Morgan fingerprint density at radius 1 is 1.12 bits per heavy atom. The van der Waals surface area contributed by atoms with Gasteiger partial charge in [-0.1, -0.05) is 17.3 Å². The van der Waals surface area contributed by atoms with Gasteiger partial charge in [0.2, 0.25) is 0 Å². The van der Waals surface area contributed by atoms with E-state index in [1.165, 1.54) is 19.2 Å². The quantitative estimate of drug-likeness (QED) is 0.558. The van der Waals surface area contributed by atoms with Gasteiger partial charge >= 0.3 is 0 Å². The Bertz CT molecular complexity index is 1230. The molecule has 1 aromatic heterocycles. The molecule has 4 rings (SSSR count). The molecule has 1 fully saturated rings. The van der Waals surface area contributed by atoms with E-state index in [1.54, 1.807) is 43.3 Å². The van der Waals surface area contributed by atoms with Crippen LogP contribution in [0.25, 0.3) is 0 Å². The zero-order valence-electron chi connectivity index (χ0n) is 17.8. The van der Waals surface area contributed by atoms with Gasteiger partial charge in [-0.2, -0.15) is 0 Å². The second kappa shape index (κ2) is 8.91. The van der Waals surface area contributed by atoms with Crippen molar-refractivity contribution >= 4 is 33.0 Å². The van der Waals surface area contributed by atoms with E-state index in [0.717, 1.165) is 25.9 Å². The number of nitrogens with one attached hydrogen (secondary N) is 2. The molecule has 9 nitrogen and oxygen atoms in total. The summed E-state index contributed by atoms with van der Waals surface area (Å²) in [7, 11) is -2.51. The summed E-state index contributed by atoms with van der Waals surface area (Å²) in [5.41, 5.74) is 1.36. The van der Waals surface area contributed by atoms with Crippen molar-refractivity contribution in [2.24, 2.45) is 0 Å². The molecule has 32 heavy (non-hydrogen) atoms. The van der Waals surface area contributed by atoms with Gasteiger partial charge in [0.15, 0.2) is 5.69 Å². The zero-order valence-corrected chi connectivity index (χ0v) is 18.6. The van der Waals surface area contributed by atoms with E-state index in [-0.39, 0.29) is 10.6 Å². The number of carbonyl (C=O) groups is 1. The first kappa shape index (κ1) is 21.7. The number of aromatic nitrogens is 1. The number of hydrogen-bond acceptors (Lipinski definition) is 7. The van der Waals surface area contributed by atoms with E-state index in [1.807, 2.05) is 4.90 Å². The van der Waals surface area contributed by atoms with E-state index in [2.05, 4.69) is 15.2 Å². The average Bonchev–Trinajstić information content (AvgIpc) is 3.46. The number of rotatable bonds is 7. The van der Waals surface area contributed by atoms with Crippen LogP contribution in [0.2, 0.25) is 0 Å². The first-order valence-corrected chi connectivity index (χ1v) is 11.7. The van der Waals surface area contributed by atoms with Crippen molar-refractivity contribution in [3.63, 3.8) is 0 Å². The molecule has 168 valence electrons. The minimum Gasteiger partial charge on any atom is -0.495 e. The predicted molar refractivity (Wildman–Crippen MR) is 121 cm³/mol. The van der Waals surface area contributed by atoms with E-state index < -0.39 is 15.9 Å². The maximum Gasteiger partial charge on any atom is 0.277 e. The number of nitrogens with zero attached hydrogens (tertiary/aromatic N) is 2. The monoisotopic (exact) mass is 456 g/mol. The molecule has 0 radical (unpaired) electrons. The SMILES string of the molecule is COc1ccccc1NS(=O)(=O)c1cc(NC(=O)c2cc(C)on2)ccc1N1CCCC1. The average molecular weight is 457 g/mol. The number of anilines is 3. The van der Waals surface area contributed by atoms with Crippen molar-refractivity contribution in [1.29, 1.82) is 0 Å². The molecule has 3 aromatic rings. The fourth-order valence-corrected chi connectivity index (χ4v) is 4.95. The number of carbonyl (C=O) groups excluding carboxylic acids is 1. The normalized spacial score (nSPS) is 13.8. The number of amides is 1. The van der Waals surface area contributed by atoms with Gasteiger partial charge in [-0.25, -0.2) is 8.42 Å². The second-order valence-electron chi connectivity index (χ2n) is 7.46. The maximum absolute atomic E-state index is 13.4. The molecule has 1 amide bonds. The zero-order chi connectivity index (χ0) is 22.7. The molecule has 2 N–H and O–H groups in total. The third kappa shape index (κ3) is 4.54. The molecule has 0 atom stereocenters. The molecule has 2 heterocycles. The van der Waals surface area contributed by atoms with Gasteiger partial charge in [0.25, 0.3) is 15.9 Å². The third-order valence-electron chi connectivity index (χ3n) is 5.17. The molecule has 2 aromatic carbocycles. The van der Waals surface area contributed by atoms with Gasteiger partial charge in [0.1, 0.15) is 16.4 Å². The first-order valence-electron chi connectivity index (χ1n) is 10.2. The second-order valence-corrected chi connectivity index (χ2v) is 9.11. The third-order valence-corrected chi connectivity index (χ3v) is 6.56. The molecule has 0 bridgehead atoms. The largest absolute Gasteiger partial charge is 0.495 e. The van der Waals surface area contributed by atoms with Crippen molar-refractivity contribution < 1.29 is 22.5 Å². The smallest absolute Gasteiger partial charge is 0.277 e. The van der Waals surface area contributed by atoms with Gasteiger partial charge in [0.05, 0.1) is 18.5 Å². The van der Waals surface area contributed by atoms with Crippen LogP contribution in [-0.2, 0) is 10.0 Å². The molecule has 10 heteroatoms. The highest BCUT2D eigenvalue weighted by molar-refractivity contribution is 7.93. The number of methoxy groups -OCH3 is 1. The topological polar surface area (TPSA) is 114 Å². The van der Waals surface area contributed by atoms with Gasteiger partial charge in [-0.05, 0) is 50.1 Å². The van der Waals surface area contributed by atoms with E-state index in [0.29, 0.717) is 28.6 Å². The minimum atomic E-state index is -3.99. The lowest BCUT2D eigenvalue weighted by atomic mass is 10.2. The van der Waals surface area contributed by atoms with Crippen molar-refractivity contribution in [2.45, 2.75) is 24.7 Å². The number of para-hydroxylation sites is 2. The van der Waals surface area contributed by atoms with Crippen LogP contribution in [-0.4, -0.2) is 39.7 Å². The molecular formula is C22H24N4O5S. The molecule has 0 spiro atoms. The molecule has 1 saturated heterocycles. The van der Waals surface area contributed by atoms with Crippen LogP contribution in [0.4, 0.5) is 17.1 Å². The molecular weight excluding hydrogens is 432 g/mol. The maximum atomic E-state index is 13.4. The Kier molecular flexibility index (Phi) is 6.04. The molecule has 1 aliphatic heterocycles. The minimum absolute atomic E-state index is 0.0689. The van der Waals surface area contributed by atoms with Crippen LogP contribution in [0, 0.1) is 6.92 Å². The van der Waals surface area contributed by atoms with Gasteiger partial charge < -0.3 is 19.5 Å². The Morgan fingerprint density at radius 2 is 1.88 bits per heavy atom. The van der Waals surface area contributed by atoms with Crippen LogP contribution in [0.5, 0.6) is 5.75 Å². The van der Waals surface area contributed by atoms with Crippen molar-refractivity contribution in [1.82, 2.24) is 5.16 Å². The number of hydrogen-bond donors (Lipinski definition) is 2. The van der Waals surface area contributed by atoms with Crippen molar-refractivity contribution in [3.8, 4) is 5.75 Å². The first-order chi connectivity index (χ1) is 15.4. The highest BCUT2D eigenvalue weighted by Crippen LogP contribution is 2.34. The van der Waals surface area contributed by atoms with Crippen LogP contribution >= 0.6 is 0 Å². The van der Waals surface area contributed by atoms with Crippen LogP contribution < -0.4 is 19.7 Å². The lowest BCUT2D eigenvalue weighted by Crippen LogP contribution is -2.23. The van der Waals surface area contributed by atoms with Gasteiger partial charge in [-0.3, -0.25) is 9.52 Å². The predicted octanol–water partition coefficient (Wildman–Crippen LogP) is 3.64. The lowest BCUT2D eigenvalue weighted by molar-refractivity contribution is 0.101. The fraction of sp³-hybridized carbons (Fsp3) is 0.273. The number of aryl methyl sites for hydroxylation is 1. The molecule has 0 unspecified atom stereocenters. The van der Waals surface area contributed by atoms with Crippen LogP contribution in [0.15, 0.2) is 57.9 Å². The van der Waals surface area contributed by atoms with Gasteiger partial charge in [-0.15, -0.1) is 0 Å². The van der Waals surface area contributed by atoms with Crippen LogP contribution in [0.1, 0.15) is 29.1 Å².